The first-order valence-electron chi connectivity index (χ1n) is 8.48. The van der Waals surface area contributed by atoms with Crippen LogP contribution in [-0.2, 0) is 22.7 Å². The van der Waals surface area contributed by atoms with E-state index in [2.05, 4.69) is 36.2 Å². The van der Waals surface area contributed by atoms with Crippen LogP contribution in [-0.4, -0.2) is 33.1 Å². The Morgan fingerprint density at radius 1 is 1.20 bits per heavy atom. The molecule has 1 aromatic heterocycles. The maximum absolute atomic E-state index is 11.5. The van der Waals surface area contributed by atoms with Crippen molar-refractivity contribution in [3.63, 3.8) is 0 Å². The van der Waals surface area contributed by atoms with Crippen LogP contribution in [0.2, 0.25) is 0 Å². The summed E-state index contributed by atoms with van der Waals surface area (Å²) in [6.07, 6.45) is 0. The Kier molecular flexibility index (Phi) is 7.31. The monoisotopic (exact) mass is 363 g/mol. The smallest absolute Gasteiger partial charge is 0.316 e. The molecule has 6 nitrogen and oxygen atoms in total. The summed E-state index contributed by atoms with van der Waals surface area (Å²) >= 11 is 1.33. The SMILES string of the molecule is CCOC(=O)CSc1nnc(COc2ccc(C(C)C)cc2)n1CC. The molecule has 2 aromatic rings. The molecule has 1 aromatic carbocycles. The molecule has 0 aliphatic rings. The van der Waals surface area contributed by atoms with E-state index in [-0.39, 0.29) is 11.7 Å². The minimum absolute atomic E-state index is 0.226. The van der Waals surface area contributed by atoms with Gasteiger partial charge in [-0.2, -0.15) is 0 Å². The van der Waals surface area contributed by atoms with Crippen LogP contribution in [0.15, 0.2) is 29.4 Å². The average molecular weight is 363 g/mol. The lowest BCUT2D eigenvalue weighted by Crippen LogP contribution is -2.09. The number of thioether (sulfide) groups is 1. The molecule has 0 unspecified atom stereocenters. The quantitative estimate of drug-likeness (QED) is 0.500. The van der Waals surface area contributed by atoms with Crippen LogP contribution in [0.4, 0.5) is 0 Å². The van der Waals surface area contributed by atoms with Gasteiger partial charge in [0.2, 0.25) is 0 Å². The lowest BCUT2D eigenvalue weighted by Gasteiger charge is -2.10. The number of hydrogen-bond acceptors (Lipinski definition) is 6. The van der Waals surface area contributed by atoms with Crippen LogP contribution >= 0.6 is 11.8 Å². The second-order valence-electron chi connectivity index (χ2n) is 5.75. The summed E-state index contributed by atoms with van der Waals surface area (Å²) in [7, 11) is 0. The third-order valence-corrected chi connectivity index (χ3v) is 4.59. The molecule has 0 aliphatic carbocycles. The number of benzene rings is 1. The van der Waals surface area contributed by atoms with Crippen molar-refractivity contribution >= 4 is 17.7 Å². The summed E-state index contributed by atoms with van der Waals surface area (Å²) < 4.78 is 12.7. The van der Waals surface area contributed by atoms with Gasteiger partial charge < -0.3 is 14.0 Å². The van der Waals surface area contributed by atoms with Gasteiger partial charge in [-0.15, -0.1) is 10.2 Å². The average Bonchev–Trinajstić information content (AvgIpc) is 3.00. The molecule has 1 heterocycles. The summed E-state index contributed by atoms with van der Waals surface area (Å²) in [6.45, 7) is 9.56. The first kappa shape index (κ1) is 19.3. The molecule has 0 bridgehead atoms. The Balaban J connectivity index is 1.96. The normalized spacial score (nSPS) is 10.9. The molecule has 0 fully saturated rings. The van der Waals surface area contributed by atoms with Crippen molar-refractivity contribution in [3.05, 3.63) is 35.7 Å². The van der Waals surface area contributed by atoms with Crippen molar-refractivity contribution in [3.8, 4) is 5.75 Å². The summed E-state index contributed by atoms with van der Waals surface area (Å²) in [6, 6.07) is 8.09. The first-order chi connectivity index (χ1) is 12.0. The van der Waals surface area contributed by atoms with Gasteiger partial charge in [0.15, 0.2) is 11.0 Å². The van der Waals surface area contributed by atoms with Gasteiger partial charge in [-0.25, -0.2) is 0 Å². The molecule has 0 N–H and O–H groups in total. The van der Waals surface area contributed by atoms with Crippen LogP contribution < -0.4 is 4.74 Å². The molecule has 25 heavy (non-hydrogen) atoms. The number of esters is 1. The van der Waals surface area contributed by atoms with E-state index in [1.807, 2.05) is 23.6 Å². The molecule has 0 amide bonds. The standard InChI is InChI=1S/C18H25N3O3S/c1-5-21-16(19-20-18(21)25-12-17(22)23-6-2)11-24-15-9-7-14(8-10-15)13(3)4/h7-10,13H,5-6,11-12H2,1-4H3. The van der Waals surface area contributed by atoms with E-state index in [1.54, 1.807) is 6.92 Å². The van der Waals surface area contributed by atoms with Crippen molar-refractivity contribution in [1.29, 1.82) is 0 Å². The van der Waals surface area contributed by atoms with Crippen LogP contribution in [0.1, 0.15) is 45.0 Å². The molecule has 0 radical (unpaired) electrons. The van der Waals surface area contributed by atoms with E-state index in [0.29, 0.717) is 30.8 Å². The van der Waals surface area contributed by atoms with Crippen molar-refractivity contribution in [1.82, 2.24) is 14.8 Å². The molecule has 0 saturated heterocycles. The highest BCUT2D eigenvalue weighted by atomic mass is 32.2. The summed E-state index contributed by atoms with van der Waals surface area (Å²) in [5, 5.41) is 9.04. The number of carbonyl (C=O) groups excluding carboxylic acids is 1. The fourth-order valence-corrected chi connectivity index (χ4v) is 3.09. The maximum Gasteiger partial charge on any atom is 0.316 e. The van der Waals surface area contributed by atoms with Crippen LogP contribution in [0, 0.1) is 0 Å². The largest absolute Gasteiger partial charge is 0.486 e. The van der Waals surface area contributed by atoms with Crippen molar-refractivity contribution in [2.75, 3.05) is 12.4 Å². The third-order valence-electron chi connectivity index (χ3n) is 3.65. The van der Waals surface area contributed by atoms with Crippen molar-refractivity contribution < 1.29 is 14.3 Å². The summed E-state index contributed by atoms with van der Waals surface area (Å²) in [5.74, 6) is 2.01. The minimum atomic E-state index is -0.249. The fraction of sp³-hybridized carbons (Fsp3) is 0.500. The minimum Gasteiger partial charge on any atom is -0.486 e. The van der Waals surface area contributed by atoms with Crippen molar-refractivity contribution in [2.24, 2.45) is 0 Å². The van der Waals surface area contributed by atoms with Gasteiger partial charge in [0.05, 0.1) is 12.4 Å². The fourth-order valence-electron chi connectivity index (χ4n) is 2.27. The molecule has 7 heteroatoms. The molecule has 0 spiro atoms. The number of aromatic nitrogens is 3. The van der Waals surface area contributed by atoms with Crippen LogP contribution in [0.25, 0.3) is 0 Å². The molecule has 136 valence electrons. The molecular formula is C18H25N3O3S. The highest BCUT2D eigenvalue weighted by Gasteiger charge is 2.14. The summed E-state index contributed by atoms with van der Waals surface area (Å²) in [4.78, 5) is 11.5. The van der Waals surface area contributed by atoms with Crippen LogP contribution in [0.5, 0.6) is 5.75 Å². The Morgan fingerprint density at radius 3 is 2.52 bits per heavy atom. The number of rotatable bonds is 9. The lowest BCUT2D eigenvalue weighted by molar-refractivity contribution is -0.139. The third kappa shape index (κ3) is 5.49. The molecule has 0 atom stereocenters. The Hall–Kier alpha value is -2.02. The second-order valence-corrected chi connectivity index (χ2v) is 6.69. The second kappa shape index (κ2) is 9.46. The zero-order valence-corrected chi connectivity index (χ0v) is 16.0. The van der Waals surface area contributed by atoms with Gasteiger partial charge in [0.1, 0.15) is 12.4 Å². The predicted molar refractivity (Wildman–Crippen MR) is 97.9 cm³/mol. The van der Waals surface area contributed by atoms with Gasteiger partial charge in [-0.05, 0) is 37.5 Å². The van der Waals surface area contributed by atoms with E-state index in [9.17, 15) is 4.79 Å². The lowest BCUT2D eigenvalue weighted by atomic mass is 10.0. The topological polar surface area (TPSA) is 66.2 Å². The first-order valence-corrected chi connectivity index (χ1v) is 9.46. The zero-order chi connectivity index (χ0) is 18.2. The zero-order valence-electron chi connectivity index (χ0n) is 15.2. The number of ether oxygens (including phenoxy) is 2. The van der Waals surface area contributed by atoms with Crippen molar-refractivity contribution in [2.45, 2.75) is 51.9 Å². The highest BCUT2D eigenvalue weighted by Crippen LogP contribution is 2.21. The van der Waals surface area contributed by atoms with E-state index in [1.165, 1.54) is 17.3 Å². The van der Waals surface area contributed by atoms with E-state index >= 15 is 0 Å². The van der Waals surface area contributed by atoms with E-state index in [0.717, 1.165) is 11.6 Å². The van der Waals surface area contributed by atoms with Crippen LogP contribution in [0.3, 0.4) is 0 Å². The summed E-state index contributed by atoms with van der Waals surface area (Å²) in [5.41, 5.74) is 1.28. The Morgan fingerprint density at radius 2 is 1.92 bits per heavy atom. The van der Waals surface area contributed by atoms with Gasteiger partial charge >= 0.3 is 5.97 Å². The molecule has 0 saturated carbocycles. The number of carbonyl (C=O) groups is 1. The van der Waals surface area contributed by atoms with E-state index in [4.69, 9.17) is 9.47 Å². The Bertz CT molecular complexity index is 683. The molecular weight excluding hydrogens is 338 g/mol. The predicted octanol–water partition coefficient (Wildman–Crippen LogP) is 3.66. The van der Waals surface area contributed by atoms with E-state index < -0.39 is 0 Å². The Labute approximate surface area is 152 Å². The molecule has 0 aliphatic heterocycles. The van der Waals surface area contributed by atoms with Gasteiger partial charge in [0, 0.05) is 6.54 Å². The molecule has 2 rings (SSSR count). The number of hydrogen-bond donors (Lipinski definition) is 0. The number of nitrogens with zero attached hydrogens (tertiary/aromatic N) is 3. The van der Waals surface area contributed by atoms with Gasteiger partial charge in [0.25, 0.3) is 0 Å². The van der Waals surface area contributed by atoms with Gasteiger partial charge in [-0.1, -0.05) is 37.7 Å². The maximum atomic E-state index is 11.5. The highest BCUT2D eigenvalue weighted by molar-refractivity contribution is 7.99. The van der Waals surface area contributed by atoms with Gasteiger partial charge in [-0.3, -0.25) is 4.79 Å².